The lowest BCUT2D eigenvalue weighted by atomic mass is 10.1. The van der Waals surface area contributed by atoms with E-state index in [2.05, 4.69) is 0 Å². The summed E-state index contributed by atoms with van der Waals surface area (Å²) >= 11 is 0. The Labute approximate surface area is 109 Å². The molecule has 18 heavy (non-hydrogen) atoms. The Morgan fingerprint density at radius 1 is 0.833 bits per heavy atom. The summed E-state index contributed by atoms with van der Waals surface area (Å²) in [7, 11) is -2.52. The molecular formula is C15H14O2S. The Hall–Kier alpha value is -1.87. The molecule has 2 nitrogen and oxygen atoms in total. The van der Waals surface area contributed by atoms with Gasteiger partial charge in [-0.2, -0.15) is 0 Å². The summed E-state index contributed by atoms with van der Waals surface area (Å²) in [5.41, 5.74) is 1.79. The molecule has 0 aromatic heterocycles. The number of hydrogen-bond acceptors (Lipinski definition) is 2. The lowest BCUT2D eigenvalue weighted by Gasteiger charge is -2.05. The molecule has 0 radical (unpaired) electrons. The Kier molecular flexibility index (Phi) is 4.31. The van der Waals surface area contributed by atoms with Gasteiger partial charge in [-0.05, 0) is 11.1 Å². The van der Waals surface area contributed by atoms with Crippen LogP contribution in [0.3, 0.4) is 0 Å². The van der Waals surface area contributed by atoms with Crippen molar-refractivity contribution < 1.29 is 8.42 Å². The maximum absolute atomic E-state index is 11.3. The molecule has 0 saturated carbocycles. The van der Waals surface area contributed by atoms with Gasteiger partial charge in [-0.3, -0.25) is 0 Å². The molecule has 0 heterocycles. The first-order valence-electron chi connectivity index (χ1n) is 5.69. The molecule has 1 unspecified atom stereocenters. The maximum Gasteiger partial charge on any atom is 0.150 e. The monoisotopic (exact) mass is 258 g/mol. The van der Waals surface area contributed by atoms with E-state index in [1.807, 2.05) is 66.7 Å². The summed E-state index contributed by atoms with van der Waals surface area (Å²) in [5.74, 6) is 0. The van der Waals surface area contributed by atoms with Crippen molar-refractivity contribution in [3.05, 3.63) is 77.9 Å². The van der Waals surface area contributed by atoms with E-state index in [1.165, 1.54) is 0 Å². The summed E-state index contributed by atoms with van der Waals surface area (Å²) < 4.78 is 22.6. The molecule has 2 aromatic carbocycles. The molecule has 1 atom stereocenters. The third-order valence-corrected chi connectivity index (χ3v) is 3.56. The Morgan fingerprint density at radius 2 is 1.39 bits per heavy atom. The standard InChI is InChI=1S/C15H14O2S/c16-18(17)15(14-9-5-2-6-10-14)12-11-13-7-3-1-4-8-13/h1-12,15,18H. The van der Waals surface area contributed by atoms with Crippen LogP contribution in [-0.2, 0) is 10.7 Å². The number of rotatable bonds is 4. The molecule has 92 valence electrons. The third-order valence-electron chi connectivity index (χ3n) is 2.64. The van der Waals surface area contributed by atoms with Crippen molar-refractivity contribution in [3.8, 4) is 0 Å². The normalized spacial score (nSPS) is 12.9. The fourth-order valence-electron chi connectivity index (χ4n) is 1.72. The molecule has 0 spiro atoms. The zero-order valence-corrected chi connectivity index (χ0v) is 10.7. The summed E-state index contributed by atoms with van der Waals surface area (Å²) in [6, 6.07) is 18.9. The molecule has 0 bridgehead atoms. The molecule has 0 aliphatic carbocycles. The van der Waals surface area contributed by atoms with E-state index in [1.54, 1.807) is 6.08 Å². The van der Waals surface area contributed by atoms with Crippen LogP contribution in [0, 0.1) is 0 Å². The highest BCUT2D eigenvalue weighted by Crippen LogP contribution is 2.19. The van der Waals surface area contributed by atoms with Crippen molar-refractivity contribution in [1.29, 1.82) is 0 Å². The molecule has 0 N–H and O–H groups in total. The SMILES string of the molecule is O=[SH](=O)C(C=Cc1ccccc1)c1ccccc1. The van der Waals surface area contributed by atoms with Crippen LogP contribution in [0.25, 0.3) is 6.08 Å². The van der Waals surface area contributed by atoms with Crippen LogP contribution in [-0.4, -0.2) is 8.42 Å². The van der Waals surface area contributed by atoms with Crippen molar-refractivity contribution in [2.45, 2.75) is 5.25 Å². The maximum atomic E-state index is 11.3. The molecule has 0 fully saturated rings. The van der Waals surface area contributed by atoms with Crippen molar-refractivity contribution in [1.82, 2.24) is 0 Å². The number of benzene rings is 2. The Morgan fingerprint density at radius 3 is 1.94 bits per heavy atom. The van der Waals surface area contributed by atoms with Crippen molar-refractivity contribution in [3.63, 3.8) is 0 Å². The molecule has 0 amide bonds. The van der Waals surface area contributed by atoms with Gasteiger partial charge in [0.25, 0.3) is 0 Å². The van der Waals surface area contributed by atoms with Gasteiger partial charge in [0.2, 0.25) is 0 Å². The van der Waals surface area contributed by atoms with Gasteiger partial charge in [0.1, 0.15) is 5.25 Å². The van der Waals surface area contributed by atoms with E-state index in [9.17, 15) is 8.42 Å². The molecule has 0 aliphatic heterocycles. The minimum absolute atomic E-state index is 0.568. The smallest absolute Gasteiger partial charge is 0.150 e. The van der Waals surface area contributed by atoms with Crippen LogP contribution in [0.15, 0.2) is 66.7 Å². The van der Waals surface area contributed by atoms with E-state index in [0.717, 1.165) is 11.1 Å². The molecule has 0 saturated heterocycles. The van der Waals surface area contributed by atoms with Gasteiger partial charge in [0.15, 0.2) is 10.7 Å². The highest BCUT2D eigenvalue weighted by molar-refractivity contribution is 7.72. The second-order valence-electron chi connectivity index (χ2n) is 3.91. The van der Waals surface area contributed by atoms with Crippen LogP contribution in [0.1, 0.15) is 16.4 Å². The second-order valence-corrected chi connectivity index (χ2v) is 5.04. The van der Waals surface area contributed by atoms with E-state index in [-0.39, 0.29) is 0 Å². The van der Waals surface area contributed by atoms with E-state index < -0.39 is 16.0 Å². The summed E-state index contributed by atoms with van der Waals surface area (Å²) in [6.07, 6.45) is 3.55. The minimum atomic E-state index is -2.52. The third kappa shape index (κ3) is 3.31. The van der Waals surface area contributed by atoms with Gasteiger partial charge in [-0.25, -0.2) is 8.42 Å². The van der Waals surface area contributed by atoms with Gasteiger partial charge in [-0.15, -0.1) is 0 Å². The number of hydrogen-bond donors (Lipinski definition) is 1. The molecule has 2 aromatic rings. The predicted octanol–water partition coefficient (Wildman–Crippen LogP) is 3.05. The lowest BCUT2D eigenvalue weighted by molar-refractivity contribution is 0.609. The van der Waals surface area contributed by atoms with Gasteiger partial charge >= 0.3 is 0 Å². The Bertz CT molecular complexity index is 578. The summed E-state index contributed by atoms with van der Waals surface area (Å²) in [4.78, 5) is 0. The molecule has 3 heteroatoms. The topological polar surface area (TPSA) is 34.1 Å². The van der Waals surface area contributed by atoms with E-state index >= 15 is 0 Å². The van der Waals surface area contributed by atoms with Gasteiger partial charge in [-0.1, -0.05) is 72.8 Å². The highest BCUT2D eigenvalue weighted by Gasteiger charge is 2.09. The summed E-state index contributed by atoms with van der Waals surface area (Å²) in [5, 5.41) is -0.568. The fourth-order valence-corrected chi connectivity index (χ4v) is 2.36. The fraction of sp³-hybridized carbons (Fsp3) is 0.0667. The van der Waals surface area contributed by atoms with Gasteiger partial charge in [0.05, 0.1) is 0 Å². The lowest BCUT2D eigenvalue weighted by Crippen LogP contribution is -1.96. The minimum Gasteiger partial charge on any atom is -0.231 e. The quantitative estimate of drug-likeness (QED) is 0.855. The van der Waals surface area contributed by atoms with Crippen molar-refractivity contribution >= 4 is 16.8 Å². The molecule has 2 rings (SSSR count). The molecular weight excluding hydrogens is 244 g/mol. The van der Waals surface area contributed by atoms with Crippen LogP contribution in [0.2, 0.25) is 0 Å². The number of thiol groups is 1. The largest absolute Gasteiger partial charge is 0.231 e. The van der Waals surface area contributed by atoms with Crippen molar-refractivity contribution in [2.75, 3.05) is 0 Å². The van der Waals surface area contributed by atoms with Crippen LogP contribution in [0.4, 0.5) is 0 Å². The molecule has 0 aliphatic rings. The van der Waals surface area contributed by atoms with Crippen molar-refractivity contribution in [2.24, 2.45) is 0 Å². The van der Waals surface area contributed by atoms with Crippen LogP contribution >= 0.6 is 0 Å². The van der Waals surface area contributed by atoms with Crippen LogP contribution < -0.4 is 0 Å². The average molecular weight is 258 g/mol. The average Bonchev–Trinajstić information content (AvgIpc) is 2.41. The summed E-state index contributed by atoms with van der Waals surface area (Å²) in [6.45, 7) is 0. The second kappa shape index (κ2) is 6.17. The van der Waals surface area contributed by atoms with Crippen LogP contribution in [0.5, 0.6) is 0 Å². The highest BCUT2D eigenvalue weighted by atomic mass is 32.2. The van der Waals surface area contributed by atoms with E-state index in [4.69, 9.17) is 0 Å². The Balaban J connectivity index is 2.26. The zero-order valence-electron chi connectivity index (χ0n) is 9.77. The van der Waals surface area contributed by atoms with E-state index in [0.29, 0.717) is 0 Å². The predicted molar refractivity (Wildman–Crippen MR) is 75.0 cm³/mol. The zero-order chi connectivity index (χ0) is 12.8. The first-order chi connectivity index (χ1) is 8.77. The first-order valence-corrected chi connectivity index (χ1v) is 6.94. The first kappa shape index (κ1) is 12.6. The van der Waals surface area contributed by atoms with Gasteiger partial charge < -0.3 is 0 Å². The van der Waals surface area contributed by atoms with Gasteiger partial charge in [0, 0.05) is 0 Å².